The molecule has 3 heterocycles. The molecule has 4 aromatic rings. The lowest BCUT2D eigenvalue weighted by atomic mass is 9.99. The number of hydrogen-bond donors (Lipinski definition) is 3. The topological polar surface area (TPSA) is 105 Å². The molecule has 0 unspecified atom stereocenters. The summed E-state index contributed by atoms with van der Waals surface area (Å²) in [4.78, 5) is 29.7. The lowest BCUT2D eigenvalue weighted by Crippen LogP contribution is -2.28. The van der Waals surface area contributed by atoms with E-state index in [0.29, 0.717) is 24.8 Å². The van der Waals surface area contributed by atoms with E-state index in [1.54, 1.807) is 0 Å². The first-order valence-corrected chi connectivity index (χ1v) is 10.5. The maximum Gasteiger partial charge on any atom is 0.227 e. The van der Waals surface area contributed by atoms with E-state index in [1.807, 2.05) is 50.4 Å². The third-order valence-electron chi connectivity index (χ3n) is 5.62. The van der Waals surface area contributed by atoms with Gasteiger partial charge >= 0.3 is 0 Å². The number of carbonyl (C=O) groups excluding carboxylic acids is 1. The number of imidazole rings is 1. The van der Waals surface area contributed by atoms with Crippen LogP contribution in [0.2, 0.25) is 0 Å². The highest BCUT2D eigenvalue weighted by Crippen LogP contribution is 2.29. The quantitative estimate of drug-likeness (QED) is 0.460. The number of carbonyl (C=O) groups is 1. The molecule has 0 atom stereocenters. The van der Waals surface area contributed by atoms with Crippen LogP contribution in [0.5, 0.6) is 0 Å². The fourth-order valence-electron chi connectivity index (χ4n) is 4.00. The molecule has 1 aliphatic heterocycles. The minimum atomic E-state index is -0.0488. The second-order valence-electron chi connectivity index (χ2n) is 7.95. The van der Waals surface area contributed by atoms with Crippen LogP contribution in [0.15, 0.2) is 36.5 Å². The minimum Gasteiger partial charge on any atom is -0.381 e. The second-order valence-corrected chi connectivity index (χ2v) is 7.95. The molecule has 1 saturated heterocycles. The molecule has 2 aromatic carbocycles. The summed E-state index contributed by atoms with van der Waals surface area (Å²) in [6.45, 7) is 5.17. The number of hydrogen-bond acceptors (Lipinski definition) is 6. The van der Waals surface area contributed by atoms with Gasteiger partial charge in [0.1, 0.15) is 11.3 Å². The number of aromatic amines is 1. The third kappa shape index (κ3) is 3.94. The number of para-hydroxylation sites is 1. The van der Waals surface area contributed by atoms with Gasteiger partial charge in [-0.3, -0.25) is 4.79 Å². The number of aromatic nitrogens is 4. The molecule has 1 fully saturated rings. The number of benzene rings is 2. The molecule has 8 heteroatoms. The Hall–Kier alpha value is -3.52. The van der Waals surface area contributed by atoms with Gasteiger partial charge in [0.2, 0.25) is 11.9 Å². The Morgan fingerprint density at radius 1 is 1.13 bits per heavy atom. The number of amides is 1. The predicted octanol–water partition coefficient (Wildman–Crippen LogP) is 4.23. The highest BCUT2D eigenvalue weighted by atomic mass is 16.5. The Kier molecular flexibility index (Phi) is 4.99. The molecule has 8 nitrogen and oxygen atoms in total. The number of nitrogens with one attached hydrogen (secondary N) is 3. The number of ether oxygens (including phenoxy) is 1. The second kappa shape index (κ2) is 7.96. The lowest BCUT2D eigenvalue weighted by Gasteiger charge is -2.21. The molecule has 0 radical (unpaired) electrons. The maximum atomic E-state index is 12.8. The van der Waals surface area contributed by atoms with E-state index in [-0.39, 0.29) is 11.8 Å². The van der Waals surface area contributed by atoms with Gasteiger partial charge in [-0.25, -0.2) is 15.0 Å². The molecule has 5 rings (SSSR count). The van der Waals surface area contributed by atoms with E-state index >= 15 is 0 Å². The fraction of sp³-hybridized carbons (Fsp3) is 0.304. The van der Waals surface area contributed by atoms with Crippen molar-refractivity contribution in [3.63, 3.8) is 0 Å². The molecule has 1 amide bonds. The largest absolute Gasteiger partial charge is 0.381 e. The standard InChI is InChI=1S/C23H24N6O2/c1-13-4-3-5-16-12-24-23(29-20(13)16)27-17-10-18-21(26-14(2)25-18)19(11-17)28-22(30)15-6-8-31-9-7-15/h3-5,10-12,15H,6-9H2,1-2H3,(H,25,26)(H,28,30)(H,24,27,29). The minimum absolute atomic E-state index is 0.0000157. The van der Waals surface area contributed by atoms with Crippen molar-refractivity contribution < 1.29 is 9.53 Å². The van der Waals surface area contributed by atoms with E-state index in [4.69, 9.17) is 4.74 Å². The summed E-state index contributed by atoms with van der Waals surface area (Å²) < 4.78 is 5.38. The average molecular weight is 416 g/mol. The molecule has 2 aromatic heterocycles. The molecule has 0 aliphatic carbocycles. The van der Waals surface area contributed by atoms with Crippen LogP contribution in [0.4, 0.5) is 17.3 Å². The Balaban J connectivity index is 1.48. The van der Waals surface area contributed by atoms with Crippen LogP contribution < -0.4 is 10.6 Å². The first-order chi connectivity index (χ1) is 15.1. The number of rotatable bonds is 4. The van der Waals surface area contributed by atoms with Gasteiger partial charge in [0, 0.05) is 36.4 Å². The fourth-order valence-corrected chi connectivity index (χ4v) is 4.00. The summed E-state index contributed by atoms with van der Waals surface area (Å²) in [5.41, 5.74) is 5.00. The van der Waals surface area contributed by atoms with Gasteiger partial charge < -0.3 is 20.4 Å². The van der Waals surface area contributed by atoms with E-state index in [0.717, 1.165) is 51.9 Å². The molecule has 0 saturated carbocycles. The third-order valence-corrected chi connectivity index (χ3v) is 5.62. The van der Waals surface area contributed by atoms with Gasteiger partial charge in [0.15, 0.2) is 0 Å². The van der Waals surface area contributed by atoms with Crippen molar-refractivity contribution in [2.75, 3.05) is 23.8 Å². The number of aryl methyl sites for hydroxylation is 2. The summed E-state index contributed by atoms with van der Waals surface area (Å²) >= 11 is 0. The average Bonchev–Trinajstić information content (AvgIpc) is 3.15. The van der Waals surface area contributed by atoms with Gasteiger partial charge in [-0.2, -0.15) is 0 Å². The van der Waals surface area contributed by atoms with E-state index in [9.17, 15) is 4.79 Å². The lowest BCUT2D eigenvalue weighted by molar-refractivity contribution is -0.122. The highest BCUT2D eigenvalue weighted by Gasteiger charge is 2.23. The number of H-pyrrole nitrogens is 1. The van der Waals surface area contributed by atoms with Crippen LogP contribution in [-0.4, -0.2) is 39.1 Å². The van der Waals surface area contributed by atoms with Crippen LogP contribution in [0.3, 0.4) is 0 Å². The van der Waals surface area contributed by atoms with Crippen molar-refractivity contribution >= 4 is 45.2 Å². The van der Waals surface area contributed by atoms with Crippen LogP contribution in [0, 0.1) is 19.8 Å². The van der Waals surface area contributed by atoms with Gasteiger partial charge in [-0.1, -0.05) is 18.2 Å². The molecule has 31 heavy (non-hydrogen) atoms. The molecular formula is C23H24N6O2. The van der Waals surface area contributed by atoms with E-state index in [2.05, 4.69) is 30.6 Å². The van der Waals surface area contributed by atoms with Gasteiger partial charge in [-0.15, -0.1) is 0 Å². The SMILES string of the molecule is Cc1nc2c(NC(=O)C3CCOCC3)cc(Nc3ncc4cccc(C)c4n3)cc2[nH]1. The molecule has 0 spiro atoms. The first kappa shape index (κ1) is 19.4. The summed E-state index contributed by atoms with van der Waals surface area (Å²) in [5.74, 6) is 1.23. The number of nitrogens with zero attached hydrogens (tertiary/aromatic N) is 3. The summed E-state index contributed by atoms with van der Waals surface area (Å²) in [6.07, 6.45) is 3.28. The van der Waals surface area contributed by atoms with Crippen molar-refractivity contribution in [1.29, 1.82) is 0 Å². The van der Waals surface area contributed by atoms with Crippen molar-refractivity contribution in [2.24, 2.45) is 5.92 Å². The maximum absolute atomic E-state index is 12.8. The number of fused-ring (bicyclic) bond motifs is 2. The van der Waals surface area contributed by atoms with Crippen LogP contribution in [0.25, 0.3) is 21.9 Å². The zero-order chi connectivity index (χ0) is 21.4. The van der Waals surface area contributed by atoms with Gasteiger partial charge in [0.05, 0.1) is 16.7 Å². The first-order valence-electron chi connectivity index (χ1n) is 10.5. The van der Waals surface area contributed by atoms with Gasteiger partial charge in [0.25, 0.3) is 0 Å². The normalized spacial score (nSPS) is 14.8. The van der Waals surface area contributed by atoms with E-state index < -0.39 is 0 Å². The zero-order valence-electron chi connectivity index (χ0n) is 17.5. The predicted molar refractivity (Wildman–Crippen MR) is 121 cm³/mol. The van der Waals surface area contributed by atoms with Crippen LogP contribution in [0.1, 0.15) is 24.2 Å². The smallest absolute Gasteiger partial charge is 0.227 e. The molecular weight excluding hydrogens is 392 g/mol. The van der Waals surface area contributed by atoms with Crippen molar-refractivity contribution in [1.82, 2.24) is 19.9 Å². The molecule has 1 aliphatic rings. The van der Waals surface area contributed by atoms with Crippen molar-refractivity contribution in [3.05, 3.63) is 47.9 Å². The summed E-state index contributed by atoms with van der Waals surface area (Å²) in [5, 5.41) is 7.35. The molecule has 158 valence electrons. The highest BCUT2D eigenvalue weighted by molar-refractivity contribution is 6.02. The van der Waals surface area contributed by atoms with E-state index in [1.165, 1.54) is 0 Å². The van der Waals surface area contributed by atoms with Crippen molar-refractivity contribution in [2.45, 2.75) is 26.7 Å². The monoisotopic (exact) mass is 416 g/mol. The summed E-state index contributed by atoms with van der Waals surface area (Å²) in [6, 6.07) is 9.85. The van der Waals surface area contributed by atoms with Crippen LogP contribution in [-0.2, 0) is 9.53 Å². The Morgan fingerprint density at radius 3 is 2.81 bits per heavy atom. The Labute approximate surface area is 179 Å². The zero-order valence-corrected chi connectivity index (χ0v) is 17.5. The Morgan fingerprint density at radius 2 is 1.97 bits per heavy atom. The van der Waals surface area contributed by atoms with Gasteiger partial charge in [-0.05, 0) is 44.4 Å². The summed E-state index contributed by atoms with van der Waals surface area (Å²) in [7, 11) is 0. The number of anilines is 3. The molecule has 0 bridgehead atoms. The molecule has 3 N–H and O–H groups in total. The Bertz CT molecular complexity index is 1280. The van der Waals surface area contributed by atoms with Crippen LogP contribution >= 0.6 is 0 Å². The van der Waals surface area contributed by atoms with Crippen molar-refractivity contribution in [3.8, 4) is 0 Å².